The molecule has 1 aliphatic rings. The van der Waals surface area contributed by atoms with Crippen LogP contribution in [0.25, 0.3) is 0 Å². The molecule has 0 saturated carbocycles. The number of nitrogens with one attached hydrogen (secondary N) is 1. The fourth-order valence-corrected chi connectivity index (χ4v) is 3.32. The molecule has 1 atom stereocenters. The molecule has 0 aliphatic carbocycles. The third-order valence-corrected chi connectivity index (χ3v) is 4.56. The molecule has 142 valence electrons. The Balaban J connectivity index is 1.69. The fourth-order valence-electron chi connectivity index (χ4n) is 3.32. The van der Waals surface area contributed by atoms with E-state index >= 15 is 0 Å². The molecular formula is C21H25N3O3. The van der Waals surface area contributed by atoms with Crippen molar-refractivity contribution < 1.29 is 14.3 Å². The van der Waals surface area contributed by atoms with Gasteiger partial charge in [-0.25, -0.2) is 0 Å². The van der Waals surface area contributed by atoms with Crippen molar-refractivity contribution in [2.75, 3.05) is 36.9 Å². The molecule has 0 fully saturated rings. The lowest BCUT2D eigenvalue weighted by Gasteiger charge is -2.37. The van der Waals surface area contributed by atoms with Crippen molar-refractivity contribution in [1.29, 1.82) is 0 Å². The SMILES string of the molecule is CCN1C[C@@H](CN(C)C(=O)c2cccc(NC(C)=O)c2)Oc2ccccc21. The van der Waals surface area contributed by atoms with E-state index in [1.807, 2.05) is 18.2 Å². The predicted octanol–water partition coefficient (Wildman–Crippen LogP) is 3.00. The number of hydrogen-bond donors (Lipinski definition) is 1. The number of para-hydroxylation sites is 2. The highest BCUT2D eigenvalue weighted by molar-refractivity contribution is 5.96. The van der Waals surface area contributed by atoms with Gasteiger partial charge in [0.1, 0.15) is 11.9 Å². The summed E-state index contributed by atoms with van der Waals surface area (Å²) in [6.07, 6.45) is -0.104. The Morgan fingerprint density at radius 2 is 2.00 bits per heavy atom. The van der Waals surface area contributed by atoms with Crippen LogP contribution in [0, 0.1) is 0 Å². The van der Waals surface area contributed by atoms with Crippen LogP contribution in [0.1, 0.15) is 24.2 Å². The quantitative estimate of drug-likeness (QED) is 0.882. The Morgan fingerprint density at radius 3 is 2.74 bits per heavy atom. The zero-order valence-electron chi connectivity index (χ0n) is 15.9. The smallest absolute Gasteiger partial charge is 0.253 e. The van der Waals surface area contributed by atoms with E-state index in [4.69, 9.17) is 4.74 Å². The summed E-state index contributed by atoms with van der Waals surface area (Å²) >= 11 is 0. The number of fused-ring (bicyclic) bond motifs is 1. The van der Waals surface area contributed by atoms with Crippen molar-refractivity contribution in [2.24, 2.45) is 0 Å². The molecule has 0 spiro atoms. The molecular weight excluding hydrogens is 342 g/mol. The second-order valence-corrected chi connectivity index (χ2v) is 6.69. The lowest BCUT2D eigenvalue weighted by Crippen LogP contribution is -2.46. The highest BCUT2D eigenvalue weighted by Crippen LogP contribution is 2.32. The first-order chi connectivity index (χ1) is 13.0. The zero-order chi connectivity index (χ0) is 19.4. The number of rotatable bonds is 5. The van der Waals surface area contributed by atoms with Crippen LogP contribution in [-0.4, -0.2) is 49.5 Å². The standard InChI is InChI=1S/C21H25N3O3/c1-4-24-14-18(27-20-11-6-5-10-19(20)24)13-23(3)21(26)16-8-7-9-17(12-16)22-15(2)25/h5-12,18H,4,13-14H2,1-3H3,(H,22,25)/t18-/m1/s1. The van der Waals surface area contributed by atoms with Crippen LogP contribution in [0.4, 0.5) is 11.4 Å². The first-order valence-corrected chi connectivity index (χ1v) is 9.11. The number of carbonyl (C=O) groups is 2. The summed E-state index contributed by atoms with van der Waals surface area (Å²) in [5.41, 5.74) is 2.24. The Morgan fingerprint density at radius 1 is 1.22 bits per heavy atom. The summed E-state index contributed by atoms with van der Waals surface area (Å²) in [4.78, 5) is 27.9. The summed E-state index contributed by atoms with van der Waals surface area (Å²) in [6, 6.07) is 14.9. The van der Waals surface area contributed by atoms with Crippen LogP contribution in [0.5, 0.6) is 5.75 Å². The van der Waals surface area contributed by atoms with Crippen LogP contribution < -0.4 is 15.0 Å². The van der Waals surface area contributed by atoms with Gasteiger partial charge in [-0.15, -0.1) is 0 Å². The van der Waals surface area contributed by atoms with Gasteiger partial charge in [-0.3, -0.25) is 9.59 Å². The number of benzene rings is 2. The molecule has 0 saturated heterocycles. The van der Waals surface area contributed by atoms with Crippen molar-refractivity contribution in [3.05, 3.63) is 54.1 Å². The molecule has 2 aromatic rings. The van der Waals surface area contributed by atoms with Crippen molar-refractivity contribution in [2.45, 2.75) is 20.0 Å². The molecule has 2 aromatic carbocycles. The highest BCUT2D eigenvalue weighted by Gasteiger charge is 2.27. The van der Waals surface area contributed by atoms with Gasteiger partial charge in [0.2, 0.25) is 5.91 Å². The maximum Gasteiger partial charge on any atom is 0.253 e. The number of amides is 2. The molecule has 1 heterocycles. The van der Waals surface area contributed by atoms with Gasteiger partial charge in [-0.05, 0) is 37.3 Å². The van der Waals surface area contributed by atoms with Gasteiger partial charge >= 0.3 is 0 Å². The summed E-state index contributed by atoms with van der Waals surface area (Å²) in [7, 11) is 1.77. The topological polar surface area (TPSA) is 61.9 Å². The van der Waals surface area contributed by atoms with E-state index in [1.165, 1.54) is 6.92 Å². The third kappa shape index (κ3) is 4.39. The van der Waals surface area contributed by atoms with E-state index in [-0.39, 0.29) is 17.9 Å². The largest absolute Gasteiger partial charge is 0.485 e. The molecule has 0 radical (unpaired) electrons. The molecule has 3 rings (SSSR count). The molecule has 0 unspecified atom stereocenters. The lowest BCUT2D eigenvalue weighted by atomic mass is 10.1. The van der Waals surface area contributed by atoms with E-state index < -0.39 is 0 Å². The molecule has 0 bridgehead atoms. The number of carbonyl (C=O) groups excluding carboxylic acids is 2. The molecule has 2 amide bonds. The van der Waals surface area contributed by atoms with Crippen LogP contribution in [0.3, 0.4) is 0 Å². The van der Waals surface area contributed by atoms with Gasteiger partial charge < -0.3 is 19.9 Å². The Bertz CT molecular complexity index is 837. The average molecular weight is 367 g/mol. The lowest BCUT2D eigenvalue weighted by molar-refractivity contribution is -0.114. The second-order valence-electron chi connectivity index (χ2n) is 6.69. The van der Waals surface area contributed by atoms with E-state index in [0.29, 0.717) is 17.8 Å². The van der Waals surface area contributed by atoms with Crippen molar-refractivity contribution >= 4 is 23.2 Å². The predicted molar refractivity (Wildman–Crippen MR) is 106 cm³/mol. The van der Waals surface area contributed by atoms with Crippen LogP contribution in [-0.2, 0) is 4.79 Å². The van der Waals surface area contributed by atoms with Crippen molar-refractivity contribution in [3.63, 3.8) is 0 Å². The van der Waals surface area contributed by atoms with Gasteiger partial charge in [0.25, 0.3) is 5.91 Å². The van der Waals surface area contributed by atoms with Crippen molar-refractivity contribution in [1.82, 2.24) is 4.90 Å². The Labute approximate surface area is 159 Å². The molecule has 1 N–H and O–H groups in total. The van der Waals surface area contributed by atoms with Crippen molar-refractivity contribution in [3.8, 4) is 5.75 Å². The van der Waals surface area contributed by atoms with Crippen LogP contribution >= 0.6 is 0 Å². The average Bonchev–Trinajstić information content (AvgIpc) is 2.66. The number of ether oxygens (including phenoxy) is 1. The number of hydrogen-bond acceptors (Lipinski definition) is 4. The van der Waals surface area contributed by atoms with E-state index in [1.54, 1.807) is 36.2 Å². The fraction of sp³-hybridized carbons (Fsp3) is 0.333. The highest BCUT2D eigenvalue weighted by atomic mass is 16.5. The Hall–Kier alpha value is -3.02. The summed E-state index contributed by atoms with van der Waals surface area (Å²) in [5.74, 6) is 0.582. The normalized spacial score (nSPS) is 15.5. The minimum Gasteiger partial charge on any atom is -0.485 e. The molecule has 6 heteroatoms. The van der Waals surface area contributed by atoms with Crippen LogP contribution in [0.2, 0.25) is 0 Å². The minimum atomic E-state index is -0.165. The molecule has 27 heavy (non-hydrogen) atoms. The first-order valence-electron chi connectivity index (χ1n) is 9.11. The zero-order valence-corrected chi connectivity index (χ0v) is 15.9. The maximum absolute atomic E-state index is 12.8. The number of nitrogens with zero attached hydrogens (tertiary/aromatic N) is 2. The van der Waals surface area contributed by atoms with Gasteiger partial charge in [-0.2, -0.15) is 0 Å². The van der Waals surface area contributed by atoms with Gasteiger partial charge in [-0.1, -0.05) is 18.2 Å². The van der Waals surface area contributed by atoms with E-state index in [0.717, 1.165) is 24.5 Å². The number of likely N-dealkylation sites (N-methyl/N-ethyl adjacent to an activating group) is 2. The van der Waals surface area contributed by atoms with E-state index in [9.17, 15) is 9.59 Å². The van der Waals surface area contributed by atoms with Gasteiger partial charge in [0.15, 0.2) is 0 Å². The Kier molecular flexibility index (Phi) is 5.64. The molecule has 6 nitrogen and oxygen atoms in total. The van der Waals surface area contributed by atoms with E-state index in [2.05, 4.69) is 23.2 Å². The first kappa shape index (κ1) is 18.8. The second kappa shape index (κ2) is 8.12. The third-order valence-electron chi connectivity index (χ3n) is 4.56. The van der Waals surface area contributed by atoms with Gasteiger partial charge in [0.05, 0.1) is 18.8 Å². The summed E-state index contributed by atoms with van der Waals surface area (Å²) in [5, 5.41) is 2.70. The van der Waals surface area contributed by atoms with Gasteiger partial charge in [0, 0.05) is 31.8 Å². The van der Waals surface area contributed by atoms with Crippen LogP contribution in [0.15, 0.2) is 48.5 Å². The summed E-state index contributed by atoms with van der Waals surface area (Å²) in [6.45, 7) is 5.65. The summed E-state index contributed by atoms with van der Waals surface area (Å²) < 4.78 is 6.10. The number of anilines is 2. The molecule has 1 aliphatic heterocycles. The maximum atomic E-state index is 12.8. The minimum absolute atomic E-state index is 0.104. The molecule has 0 aromatic heterocycles. The monoisotopic (exact) mass is 367 g/mol.